The van der Waals surface area contributed by atoms with Gasteiger partial charge in [0.15, 0.2) is 0 Å². The molecule has 2 N–H and O–H groups in total. The van der Waals surface area contributed by atoms with Gasteiger partial charge in [-0.1, -0.05) is 18.9 Å². The molecule has 2 rings (SSSR count). The van der Waals surface area contributed by atoms with Gasteiger partial charge in [0, 0.05) is 31.0 Å². The second-order valence-electron chi connectivity index (χ2n) is 5.17. The third-order valence-corrected chi connectivity index (χ3v) is 4.18. The first-order chi connectivity index (χ1) is 8.27. The molecule has 0 unspecified atom stereocenters. The SMILES string of the molecule is CN(CCc1cccnc1)C1(CN)CCCC1. The van der Waals surface area contributed by atoms with Gasteiger partial charge < -0.3 is 5.73 Å². The van der Waals surface area contributed by atoms with Crippen LogP contribution >= 0.6 is 0 Å². The molecule has 1 aliphatic rings. The van der Waals surface area contributed by atoms with Crippen molar-refractivity contribution in [2.24, 2.45) is 5.73 Å². The van der Waals surface area contributed by atoms with Crippen molar-refractivity contribution in [2.75, 3.05) is 20.1 Å². The van der Waals surface area contributed by atoms with Gasteiger partial charge in [-0.2, -0.15) is 0 Å². The van der Waals surface area contributed by atoms with Crippen LogP contribution in [0.4, 0.5) is 0 Å². The molecule has 0 atom stereocenters. The van der Waals surface area contributed by atoms with Crippen molar-refractivity contribution in [1.82, 2.24) is 9.88 Å². The Morgan fingerprint density at radius 1 is 1.41 bits per heavy atom. The maximum Gasteiger partial charge on any atom is 0.0328 e. The van der Waals surface area contributed by atoms with Gasteiger partial charge in [0.25, 0.3) is 0 Å². The van der Waals surface area contributed by atoms with Gasteiger partial charge in [-0.05, 0) is 37.9 Å². The lowest BCUT2D eigenvalue weighted by Gasteiger charge is -2.38. The molecule has 1 fully saturated rings. The van der Waals surface area contributed by atoms with Crippen LogP contribution in [-0.4, -0.2) is 35.6 Å². The third-order valence-electron chi connectivity index (χ3n) is 4.18. The topological polar surface area (TPSA) is 42.2 Å². The van der Waals surface area contributed by atoms with Crippen molar-refractivity contribution >= 4 is 0 Å². The van der Waals surface area contributed by atoms with Gasteiger partial charge in [-0.3, -0.25) is 9.88 Å². The van der Waals surface area contributed by atoms with Crippen LogP contribution in [0.1, 0.15) is 31.2 Å². The van der Waals surface area contributed by atoms with Crippen LogP contribution in [0.2, 0.25) is 0 Å². The van der Waals surface area contributed by atoms with Crippen molar-refractivity contribution in [3.05, 3.63) is 30.1 Å². The van der Waals surface area contributed by atoms with E-state index in [9.17, 15) is 0 Å². The van der Waals surface area contributed by atoms with E-state index < -0.39 is 0 Å². The predicted octanol–water partition coefficient (Wildman–Crippen LogP) is 1.83. The van der Waals surface area contributed by atoms with E-state index in [-0.39, 0.29) is 5.54 Å². The minimum absolute atomic E-state index is 0.266. The summed E-state index contributed by atoms with van der Waals surface area (Å²) < 4.78 is 0. The first-order valence-corrected chi connectivity index (χ1v) is 6.57. The summed E-state index contributed by atoms with van der Waals surface area (Å²) >= 11 is 0. The zero-order chi connectivity index (χ0) is 12.1. The molecule has 1 aromatic heterocycles. The fourth-order valence-electron chi connectivity index (χ4n) is 2.85. The molecule has 0 saturated heterocycles. The molecule has 17 heavy (non-hydrogen) atoms. The molecule has 0 spiro atoms. The van der Waals surface area contributed by atoms with Gasteiger partial charge in [-0.25, -0.2) is 0 Å². The fraction of sp³-hybridized carbons (Fsp3) is 0.643. The Morgan fingerprint density at radius 2 is 2.18 bits per heavy atom. The zero-order valence-corrected chi connectivity index (χ0v) is 10.7. The van der Waals surface area contributed by atoms with E-state index in [1.165, 1.54) is 31.2 Å². The van der Waals surface area contributed by atoms with Crippen LogP contribution < -0.4 is 5.73 Å². The molecule has 1 aromatic rings. The molecular weight excluding hydrogens is 210 g/mol. The quantitative estimate of drug-likeness (QED) is 0.843. The zero-order valence-electron chi connectivity index (χ0n) is 10.7. The van der Waals surface area contributed by atoms with E-state index in [4.69, 9.17) is 5.73 Å². The molecule has 3 nitrogen and oxygen atoms in total. The standard InChI is InChI=1S/C14H23N3/c1-17(14(12-15)7-2-3-8-14)10-6-13-5-4-9-16-11-13/h4-5,9,11H,2-3,6-8,10,12,15H2,1H3. The minimum atomic E-state index is 0.266. The number of hydrogen-bond donors (Lipinski definition) is 1. The number of hydrogen-bond acceptors (Lipinski definition) is 3. The maximum absolute atomic E-state index is 5.98. The van der Waals surface area contributed by atoms with E-state index >= 15 is 0 Å². The van der Waals surface area contributed by atoms with Gasteiger partial charge in [-0.15, -0.1) is 0 Å². The number of aromatic nitrogens is 1. The van der Waals surface area contributed by atoms with Crippen molar-refractivity contribution in [2.45, 2.75) is 37.6 Å². The Balaban J connectivity index is 1.90. The number of pyridine rings is 1. The highest BCUT2D eigenvalue weighted by atomic mass is 15.2. The molecular formula is C14H23N3. The van der Waals surface area contributed by atoms with Crippen molar-refractivity contribution in [3.8, 4) is 0 Å². The lowest BCUT2D eigenvalue weighted by atomic mass is 9.95. The van der Waals surface area contributed by atoms with Gasteiger partial charge >= 0.3 is 0 Å². The summed E-state index contributed by atoms with van der Waals surface area (Å²) in [6, 6.07) is 4.15. The Bertz CT molecular complexity index is 331. The highest BCUT2D eigenvalue weighted by Crippen LogP contribution is 2.33. The normalized spacial score (nSPS) is 18.8. The molecule has 94 valence electrons. The summed E-state index contributed by atoms with van der Waals surface area (Å²) in [5, 5.41) is 0. The molecule has 1 saturated carbocycles. The van der Waals surface area contributed by atoms with E-state index in [1.807, 2.05) is 18.5 Å². The Kier molecular flexibility index (Phi) is 4.13. The summed E-state index contributed by atoms with van der Waals surface area (Å²) in [6.45, 7) is 1.86. The van der Waals surface area contributed by atoms with Crippen molar-refractivity contribution in [1.29, 1.82) is 0 Å². The monoisotopic (exact) mass is 233 g/mol. The summed E-state index contributed by atoms with van der Waals surface area (Å²) in [5.74, 6) is 0. The van der Waals surface area contributed by atoms with E-state index in [0.717, 1.165) is 19.5 Å². The maximum atomic E-state index is 5.98. The van der Waals surface area contributed by atoms with Gasteiger partial charge in [0.1, 0.15) is 0 Å². The first kappa shape index (κ1) is 12.5. The summed E-state index contributed by atoms with van der Waals surface area (Å²) in [4.78, 5) is 6.62. The molecule has 0 amide bonds. The molecule has 3 heteroatoms. The molecule has 0 aromatic carbocycles. The van der Waals surface area contributed by atoms with E-state index in [1.54, 1.807) is 0 Å². The average Bonchev–Trinajstić information content (AvgIpc) is 2.87. The van der Waals surface area contributed by atoms with Gasteiger partial charge in [0.05, 0.1) is 0 Å². The molecule has 0 bridgehead atoms. The first-order valence-electron chi connectivity index (χ1n) is 6.57. The smallest absolute Gasteiger partial charge is 0.0328 e. The largest absolute Gasteiger partial charge is 0.329 e. The van der Waals surface area contributed by atoms with Crippen molar-refractivity contribution in [3.63, 3.8) is 0 Å². The lowest BCUT2D eigenvalue weighted by Crippen LogP contribution is -2.50. The van der Waals surface area contributed by atoms with Crippen LogP contribution in [-0.2, 0) is 6.42 Å². The van der Waals surface area contributed by atoms with Crippen molar-refractivity contribution < 1.29 is 0 Å². The second kappa shape index (κ2) is 5.61. The molecule has 1 heterocycles. The minimum Gasteiger partial charge on any atom is -0.329 e. The highest BCUT2D eigenvalue weighted by Gasteiger charge is 2.35. The number of likely N-dealkylation sites (N-methyl/N-ethyl adjacent to an activating group) is 1. The van der Waals surface area contributed by atoms with Crippen LogP contribution in [0.25, 0.3) is 0 Å². The van der Waals surface area contributed by atoms with Crippen LogP contribution in [0.5, 0.6) is 0 Å². The molecule has 1 aliphatic carbocycles. The summed E-state index contributed by atoms with van der Waals surface area (Å²) in [7, 11) is 2.22. The summed E-state index contributed by atoms with van der Waals surface area (Å²) in [5.41, 5.74) is 7.56. The van der Waals surface area contributed by atoms with Crippen LogP contribution in [0.3, 0.4) is 0 Å². The van der Waals surface area contributed by atoms with E-state index in [2.05, 4.69) is 23.0 Å². The second-order valence-corrected chi connectivity index (χ2v) is 5.17. The molecule has 0 aliphatic heterocycles. The summed E-state index contributed by atoms with van der Waals surface area (Å²) in [6.07, 6.45) is 10.0. The number of nitrogens with two attached hydrogens (primary N) is 1. The fourth-order valence-corrected chi connectivity index (χ4v) is 2.85. The van der Waals surface area contributed by atoms with Crippen LogP contribution in [0.15, 0.2) is 24.5 Å². The van der Waals surface area contributed by atoms with Gasteiger partial charge in [0.2, 0.25) is 0 Å². The third kappa shape index (κ3) is 2.85. The predicted molar refractivity (Wildman–Crippen MR) is 70.8 cm³/mol. The lowest BCUT2D eigenvalue weighted by molar-refractivity contribution is 0.133. The Labute approximate surface area is 104 Å². The Morgan fingerprint density at radius 3 is 2.76 bits per heavy atom. The van der Waals surface area contributed by atoms with Crippen LogP contribution in [0, 0.1) is 0 Å². The number of nitrogens with zero attached hydrogens (tertiary/aromatic N) is 2. The highest BCUT2D eigenvalue weighted by molar-refractivity contribution is 5.09. The number of rotatable bonds is 5. The van der Waals surface area contributed by atoms with E-state index in [0.29, 0.717) is 0 Å². The molecule has 0 radical (unpaired) electrons. The average molecular weight is 233 g/mol. The Hall–Kier alpha value is -0.930.